The Labute approximate surface area is 138 Å². The van der Waals surface area contributed by atoms with Gasteiger partial charge < -0.3 is 9.32 Å². The number of carbonyl (C=O) groups is 1. The van der Waals surface area contributed by atoms with E-state index >= 15 is 0 Å². The van der Waals surface area contributed by atoms with Gasteiger partial charge in [-0.25, -0.2) is 4.98 Å². The number of amides is 1. The lowest BCUT2D eigenvalue weighted by Crippen LogP contribution is -2.23. The number of hydrogen-bond acceptors (Lipinski definition) is 7. The van der Waals surface area contributed by atoms with Crippen LogP contribution in [0.25, 0.3) is 11.5 Å². The minimum absolute atomic E-state index is 0.0910. The molecule has 3 aromatic heterocycles. The van der Waals surface area contributed by atoms with Gasteiger partial charge in [-0.2, -0.15) is 8.78 Å². The highest BCUT2D eigenvalue weighted by molar-refractivity contribution is 7.09. The second kappa shape index (κ2) is 5.71. The summed E-state index contributed by atoms with van der Waals surface area (Å²) < 4.78 is 30.0. The molecule has 3 aromatic rings. The fourth-order valence-electron chi connectivity index (χ4n) is 2.41. The Hall–Kier alpha value is -2.75. The summed E-state index contributed by atoms with van der Waals surface area (Å²) in [6.07, 6.45) is 0.270. The number of aromatic nitrogens is 4. The molecule has 0 N–H and O–H groups in total. The van der Waals surface area contributed by atoms with Crippen molar-refractivity contribution in [2.45, 2.75) is 19.5 Å². The molecule has 0 spiro atoms. The number of rotatable bonds is 4. The van der Waals surface area contributed by atoms with Crippen molar-refractivity contribution in [2.24, 2.45) is 0 Å². The van der Waals surface area contributed by atoms with Crippen LogP contribution in [-0.2, 0) is 13.1 Å². The Morgan fingerprint density at radius 2 is 2.21 bits per heavy atom. The van der Waals surface area contributed by atoms with Crippen LogP contribution in [0.2, 0.25) is 0 Å². The number of thiazole rings is 1. The van der Waals surface area contributed by atoms with E-state index in [0.717, 1.165) is 5.01 Å². The van der Waals surface area contributed by atoms with E-state index in [1.807, 2.05) is 5.38 Å². The molecule has 0 aromatic carbocycles. The van der Waals surface area contributed by atoms with Crippen LogP contribution in [0.1, 0.15) is 33.4 Å². The van der Waals surface area contributed by atoms with Crippen molar-refractivity contribution < 1.29 is 18.0 Å². The molecule has 0 radical (unpaired) electrons. The number of hydrogen-bond donors (Lipinski definition) is 0. The molecular weight excluding hydrogens is 340 g/mol. The van der Waals surface area contributed by atoms with E-state index in [-0.39, 0.29) is 11.8 Å². The van der Waals surface area contributed by atoms with E-state index in [0.29, 0.717) is 29.9 Å². The summed E-state index contributed by atoms with van der Waals surface area (Å²) in [4.78, 5) is 22.5. The second-order valence-electron chi connectivity index (χ2n) is 5.05. The summed E-state index contributed by atoms with van der Waals surface area (Å²) in [5, 5.41) is 9.51. The molecule has 0 fully saturated rings. The SMILES string of the molecule is O=C1c2cc(-c3nnc(C(F)F)o3)cnc2CN1Cc1nccs1. The first kappa shape index (κ1) is 14.8. The molecule has 10 heteroatoms. The van der Waals surface area contributed by atoms with E-state index < -0.39 is 12.3 Å². The second-order valence-corrected chi connectivity index (χ2v) is 6.03. The maximum Gasteiger partial charge on any atom is 0.314 e. The standard InChI is InChI=1S/C14H9F2N5O2S/c15-11(16)13-20-19-12(23-13)7-3-8-9(18-4-7)5-21(14(8)22)6-10-17-1-2-24-10/h1-4,11H,5-6H2. The normalized spacial score (nSPS) is 13.8. The topological polar surface area (TPSA) is 85.0 Å². The predicted octanol–water partition coefficient (Wildman–Crippen LogP) is 2.68. The van der Waals surface area contributed by atoms with Gasteiger partial charge in [-0.1, -0.05) is 0 Å². The zero-order valence-electron chi connectivity index (χ0n) is 12.0. The largest absolute Gasteiger partial charge is 0.415 e. The van der Waals surface area contributed by atoms with Gasteiger partial charge in [0, 0.05) is 17.8 Å². The Kier molecular flexibility index (Phi) is 3.53. The maximum atomic E-state index is 12.5. The highest BCUT2D eigenvalue weighted by atomic mass is 32.1. The summed E-state index contributed by atoms with van der Waals surface area (Å²) in [6, 6.07) is 1.54. The summed E-state index contributed by atoms with van der Waals surface area (Å²) in [5.41, 5.74) is 1.35. The molecule has 0 atom stereocenters. The lowest BCUT2D eigenvalue weighted by Gasteiger charge is -2.12. The average Bonchev–Trinajstić information content (AvgIpc) is 3.29. The van der Waals surface area contributed by atoms with Crippen molar-refractivity contribution in [1.29, 1.82) is 0 Å². The van der Waals surface area contributed by atoms with Crippen LogP contribution in [0.5, 0.6) is 0 Å². The lowest BCUT2D eigenvalue weighted by atomic mass is 10.1. The summed E-state index contributed by atoms with van der Waals surface area (Å²) in [5.74, 6) is -1.04. The van der Waals surface area contributed by atoms with Gasteiger partial charge in [0.2, 0.25) is 5.89 Å². The van der Waals surface area contributed by atoms with Crippen LogP contribution >= 0.6 is 11.3 Å². The summed E-state index contributed by atoms with van der Waals surface area (Å²) in [7, 11) is 0. The van der Waals surface area contributed by atoms with Crippen LogP contribution in [0.15, 0.2) is 28.3 Å². The van der Waals surface area contributed by atoms with Crippen molar-refractivity contribution in [3.05, 3.63) is 46.0 Å². The van der Waals surface area contributed by atoms with Crippen LogP contribution < -0.4 is 0 Å². The molecule has 4 rings (SSSR count). The monoisotopic (exact) mass is 349 g/mol. The van der Waals surface area contributed by atoms with Gasteiger partial charge in [-0.3, -0.25) is 9.78 Å². The van der Waals surface area contributed by atoms with Crippen LogP contribution in [0, 0.1) is 0 Å². The van der Waals surface area contributed by atoms with Gasteiger partial charge in [0.05, 0.1) is 29.9 Å². The van der Waals surface area contributed by atoms with Crippen molar-refractivity contribution in [3.8, 4) is 11.5 Å². The Bertz CT molecular complexity index is 896. The fourth-order valence-corrected chi connectivity index (χ4v) is 3.04. The number of fused-ring (bicyclic) bond motifs is 1. The summed E-state index contributed by atoms with van der Waals surface area (Å²) in [6.45, 7) is 0.776. The fraction of sp³-hybridized carbons (Fsp3) is 0.214. The van der Waals surface area contributed by atoms with Crippen molar-refractivity contribution >= 4 is 17.2 Å². The molecule has 1 aliphatic heterocycles. The Balaban J connectivity index is 1.60. The number of carbonyl (C=O) groups excluding carboxylic acids is 1. The number of pyridine rings is 1. The van der Waals surface area contributed by atoms with Gasteiger partial charge in [0.25, 0.3) is 11.8 Å². The molecule has 7 nitrogen and oxygen atoms in total. The highest BCUT2D eigenvalue weighted by Crippen LogP contribution is 2.28. The first-order valence-electron chi connectivity index (χ1n) is 6.90. The molecule has 0 bridgehead atoms. The highest BCUT2D eigenvalue weighted by Gasteiger charge is 2.30. The molecule has 24 heavy (non-hydrogen) atoms. The van der Waals surface area contributed by atoms with E-state index in [9.17, 15) is 13.6 Å². The minimum atomic E-state index is -2.84. The van der Waals surface area contributed by atoms with Crippen molar-refractivity contribution in [1.82, 2.24) is 25.1 Å². The lowest BCUT2D eigenvalue weighted by molar-refractivity contribution is 0.0766. The third-order valence-electron chi connectivity index (χ3n) is 3.51. The smallest absolute Gasteiger partial charge is 0.314 e. The van der Waals surface area contributed by atoms with Crippen LogP contribution in [-0.4, -0.2) is 31.0 Å². The molecular formula is C14H9F2N5O2S. The molecule has 1 aliphatic rings. The zero-order chi connectivity index (χ0) is 16.7. The maximum absolute atomic E-state index is 12.5. The first-order chi connectivity index (χ1) is 11.6. The third-order valence-corrected chi connectivity index (χ3v) is 4.28. The molecule has 4 heterocycles. The van der Waals surface area contributed by atoms with Crippen LogP contribution in [0.4, 0.5) is 8.78 Å². The van der Waals surface area contributed by atoms with Gasteiger partial charge in [0.15, 0.2) is 0 Å². The minimum Gasteiger partial charge on any atom is -0.415 e. The van der Waals surface area contributed by atoms with E-state index in [1.54, 1.807) is 11.1 Å². The third kappa shape index (κ3) is 2.54. The quantitative estimate of drug-likeness (QED) is 0.720. The first-order valence-corrected chi connectivity index (χ1v) is 7.78. The van der Waals surface area contributed by atoms with Gasteiger partial charge in [0.1, 0.15) is 5.01 Å². The Morgan fingerprint density at radius 3 is 2.92 bits per heavy atom. The number of halogens is 2. The van der Waals surface area contributed by atoms with Crippen LogP contribution in [0.3, 0.4) is 0 Å². The molecule has 1 amide bonds. The summed E-state index contributed by atoms with van der Waals surface area (Å²) >= 11 is 1.47. The van der Waals surface area contributed by atoms with E-state index in [4.69, 9.17) is 4.42 Å². The number of nitrogens with zero attached hydrogens (tertiary/aromatic N) is 5. The molecule has 0 saturated carbocycles. The van der Waals surface area contributed by atoms with Gasteiger partial charge >= 0.3 is 6.43 Å². The van der Waals surface area contributed by atoms with Gasteiger partial charge in [-0.05, 0) is 6.07 Å². The Morgan fingerprint density at radius 1 is 1.33 bits per heavy atom. The molecule has 0 aliphatic carbocycles. The number of alkyl halides is 2. The van der Waals surface area contributed by atoms with Gasteiger partial charge in [-0.15, -0.1) is 21.5 Å². The molecule has 0 saturated heterocycles. The van der Waals surface area contributed by atoms with E-state index in [2.05, 4.69) is 20.2 Å². The van der Waals surface area contributed by atoms with E-state index in [1.165, 1.54) is 23.6 Å². The molecule has 0 unspecified atom stereocenters. The zero-order valence-corrected chi connectivity index (χ0v) is 12.8. The van der Waals surface area contributed by atoms with Crippen molar-refractivity contribution in [2.75, 3.05) is 0 Å². The van der Waals surface area contributed by atoms with Crippen molar-refractivity contribution in [3.63, 3.8) is 0 Å². The predicted molar refractivity (Wildman–Crippen MR) is 78.2 cm³/mol. The average molecular weight is 349 g/mol. The molecule has 122 valence electrons.